The maximum absolute atomic E-state index is 10.0. The minimum atomic E-state index is -0.167. The molecule has 0 aromatic heterocycles. The standard InChI is InChI=1S/C5H8O2.C3H8O.4C3H7O.H2O.Zr/c1-4(6)3-5(2)7;1-3(2)4;4*1-2-3-4;;/h3H2,1-2H3;3-4H,1-2H3;4*2-3H2,1H3;1H2;/q;;4*-1;;+4. The summed E-state index contributed by atoms with van der Waals surface area (Å²) in [6.07, 6.45) is 2.97. The molecule has 8 nitrogen and oxygen atoms in total. The first-order valence-corrected chi connectivity index (χ1v) is 9.51. The van der Waals surface area contributed by atoms with Crippen LogP contribution in [0.3, 0.4) is 0 Å². The van der Waals surface area contributed by atoms with Gasteiger partial charge in [-0.15, -0.1) is 26.4 Å². The van der Waals surface area contributed by atoms with Gasteiger partial charge in [-0.1, -0.05) is 53.4 Å². The Bertz CT molecular complexity index is 202. The summed E-state index contributed by atoms with van der Waals surface area (Å²) in [6.45, 7) is 14.0. The number of hydrogen-bond donors (Lipinski definition) is 1. The first-order chi connectivity index (χ1) is 12.5. The monoisotopic (exact) mass is 504 g/mol. The second kappa shape index (κ2) is 63.0. The Morgan fingerprint density at radius 3 is 0.793 bits per heavy atom. The van der Waals surface area contributed by atoms with E-state index >= 15 is 0 Å². The molecule has 0 aliphatic heterocycles. The number of aliphatic hydroxyl groups excluding tert-OH is 1. The zero-order valence-corrected chi connectivity index (χ0v) is 22.3. The molecule has 0 aromatic carbocycles. The molecule has 29 heavy (non-hydrogen) atoms. The summed E-state index contributed by atoms with van der Waals surface area (Å²) in [7, 11) is 0. The number of ketones is 2. The van der Waals surface area contributed by atoms with Gasteiger partial charge < -0.3 is 31.0 Å². The van der Waals surface area contributed by atoms with Gasteiger partial charge in [-0.05, 0) is 27.7 Å². The maximum Gasteiger partial charge on any atom is 4.00 e. The van der Waals surface area contributed by atoms with E-state index in [0.29, 0.717) is 0 Å². The molecule has 0 radical (unpaired) electrons. The molecule has 0 fully saturated rings. The van der Waals surface area contributed by atoms with E-state index in [4.69, 9.17) is 5.11 Å². The average Bonchev–Trinajstić information content (AvgIpc) is 2.60. The van der Waals surface area contributed by atoms with Gasteiger partial charge in [0.2, 0.25) is 0 Å². The van der Waals surface area contributed by atoms with Gasteiger partial charge in [0.1, 0.15) is 11.6 Å². The zero-order chi connectivity index (χ0) is 23.1. The van der Waals surface area contributed by atoms with Gasteiger partial charge in [-0.25, -0.2) is 0 Å². The normalized spacial score (nSPS) is 7.38. The van der Waals surface area contributed by atoms with Crippen LogP contribution in [0.2, 0.25) is 0 Å². The summed E-state index contributed by atoms with van der Waals surface area (Å²) in [5.41, 5.74) is 0. The fourth-order valence-corrected chi connectivity index (χ4v) is 0.351. The second-order valence-corrected chi connectivity index (χ2v) is 5.49. The van der Waals surface area contributed by atoms with E-state index in [0.717, 1.165) is 25.7 Å². The van der Waals surface area contributed by atoms with Gasteiger partial charge in [-0.2, -0.15) is 0 Å². The van der Waals surface area contributed by atoms with Crippen molar-refractivity contribution in [2.45, 2.75) is 93.6 Å². The Kier molecular flexibility index (Phi) is 112. The second-order valence-electron chi connectivity index (χ2n) is 5.49. The molecule has 0 spiro atoms. The Hall–Kier alpha value is -0.0169. The minimum Gasteiger partial charge on any atom is -0.854 e. The SMILES string of the molecule is CC(=O)CC(C)=O.CC(C)O.CCC[O-].CCC[O-].CCC[O-].CCC[O-].O.[Zr+4]. The molecule has 0 heterocycles. The van der Waals surface area contributed by atoms with Crippen molar-refractivity contribution in [2.24, 2.45) is 0 Å². The van der Waals surface area contributed by atoms with E-state index in [1.54, 1.807) is 13.8 Å². The molecule has 0 rings (SSSR count). The van der Waals surface area contributed by atoms with Gasteiger partial charge in [0, 0.05) is 6.10 Å². The van der Waals surface area contributed by atoms with E-state index in [-0.39, 0.29) is 82.2 Å². The van der Waals surface area contributed by atoms with E-state index in [1.165, 1.54) is 13.8 Å². The Balaban J connectivity index is -0.0000000305. The molecule has 0 saturated carbocycles. The maximum atomic E-state index is 10.0. The molecule has 0 amide bonds. The van der Waals surface area contributed by atoms with E-state index < -0.39 is 0 Å². The third-order valence-electron chi connectivity index (χ3n) is 1.31. The quantitative estimate of drug-likeness (QED) is 0.456. The molecule has 0 atom stereocenters. The third-order valence-corrected chi connectivity index (χ3v) is 1.31. The van der Waals surface area contributed by atoms with E-state index in [1.807, 2.05) is 27.7 Å². The molecule has 0 aromatic rings. The van der Waals surface area contributed by atoms with Crippen LogP contribution in [0, 0.1) is 0 Å². The van der Waals surface area contributed by atoms with Gasteiger partial charge in [0.25, 0.3) is 0 Å². The summed E-state index contributed by atoms with van der Waals surface area (Å²) in [5, 5.41) is 45.2. The summed E-state index contributed by atoms with van der Waals surface area (Å²) < 4.78 is 0. The van der Waals surface area contributed by atoms with Gasteiger partial charge in [-0.3, -0.25) is 9.59 Å². The molecule has 178 valence electrons. The van der Waals surface area contributed by atoms with E-state index in [2.05, 4.69) is 0 Å². The van der Waals surface area contributed by atoms with Crippen molar-refractivity contribution in [3.8, 4) is 0 Å². The van der Waals surface area contributed by atoms with Crippen LogP contribution in [0.15, 0.2) is 0 Å². The van der Waals surface area contributed by atoms with Crippen LogP contribution in [0.4, 0.5) is 0 Å². The van der Waals surface area contributed by atoms with Crippen molar-refractivity contribution < 1.29 is 66.8 Å². The van der Waals surface area contributed by atoms with Crippen LogP contribution in [0.1, 0.15) is 87.5 Å². The Morgan fingerprint density at radius 1 is 0.690 bits per heavy atom. The van der Waals surface area contributed by atoms with Crippen LogP contribution in [0.5, 0.6) is 0 Å². The summed E-state index contributed by atoms with van der Waals surface area (Å²) in [5.74, 6) is -0.125. The molecule has 3 N–H and O–H groups in total. The molecule has 0 saturated heterocycles. The van der Waals surface area contributed by atoms with Gasteiger partial charge >= 0.3 is 26.2 Å². The fraction of sp³-hybridized carbons (Fsp3) is 0.900. The number of hydrogen-bond acceptors (Lipinski definition) is 7. The van der Waals surface area contributed by atoms with Crippen molar-refractivity contribution in [1.29, 1.82) is 0 Å². The van der Waals surface area contributed by atoms with Crippen LogP contribution < -0.4 is 20.4 Å². The van der Waals surface area contributed by atoms with Crippen molar-refractivity contribution in [1.82, 2.24) is 0 Å². The van der Waals surface area contributed by atoms with Crippen molar-refractivity contribution in [3.05, 3.63) is 0 Å². The van der Waals surface area contributed by atoms with Crippen LogP contribution in [-0.4, -0.2) is 54.7 Å². The molecular weight excluding hydrogens is 459 g/mol. The van der Waals surface area contributed by atoms with Crippen molar-refractivity contribution in [3.63, 3.8) is 0 Å². The number of rotatable bonds is 6. The molecule has 9 heteroatoms. The molecule has 0 aliphatic rings. The molecule has 0 aliphatic carbocycles. The first kappa shape index (κ1) is 51.5. The number of aliphatic hydroxyl groups is 1. The first-order valence-electron chi connectivity index (χ1n) is 9.51. The van der Waals surface area contributed by atoms with Gasteiger partial charge in [0.15, 0.2) is 0 Å². The summed E-state index contributed by atoms with van der Waals surface area (Å²) in [4.78, 5) is 20.1. The minimum absolute atomic E-state index is 0. The fourth-order valence-electron chi connectivity index (χ4n) is 0.351. The summed E-state index contributed by atoms with van der Waals surface area (Å²) >= 11 is 0. The van der Waals surface area contributed by atoms with Crippen LogP contribution in [-0.2, 0) is 35.8 Å². The Morgan fingerprint density at radius 2 is 0.793 bits per heavy atom. The average molecular weight is 506 g/mol. The topological polar surface area (TPSA) is 178 Å². The number of Topliss-reactive ketones (excluding diaryl/α,β-unsaturated/α-hetero) is 2. The predicted octanol–water partition coefficient (Wildman–Crippen LogP) is -0.859. The van der Waals surface area contributed by atoms with Crippen molar-refractivity contribution >= 4 is 11.6 Å². The number of carbonyl (C=O) groups excluding carboxylic acids is 2. The smallest absolute Gasteiger partial charge is 0.854 e. The number of carbonyl (C=O) groups is 2. The molecule has 0 unspecified atom stereocenters. The van der Waals surface area contributed by atoms with Crippen LogP contribution >= 0.6 is 0 Å². The molecule has 0 bridgehead atoms. The zero-order valence-electron chi connectivity index (χ0n) is 19.8. The summed E-state index contributed by atoms with van der Waals surface area (Å²) in [6, 6.07) is 0. The van der Waals surface area contributed by atoms with E-state index in [9.17, 15) is 30.0 Å². The van der Waals surface area contributed by atoms with Crippen LogP contribution in [0.25, 0.3) is 0 Å². The predicted molar refractivity (Wildman–Crippen MR) is 108 cm³/mol. The third kappa shape index (κ3) is 296. The molecular formula is C20H46O8Zr. The largest absolute Gasteiger partial charge is 4.00 e. The van der Waals surface area contributed by atoms with Gasteiger partial charge in [0.05, 0.1) is 6.42 Å². The Labute approximate surface area is 198 Å². The van der Waals surface area contributed by atoms with Crippen molar-refractivity contribution in [2.75, 3.05) is 26.4 Å².